The van der Waals surface area contributed by atoms with Gasteiger partial charge in [-0.2, -0.15) is 0 Å². The van der Waals surface area contributed by atoms with Gasteiger partial charge in [-0.25, -0.2) is 0 Å². The second-order valence-electron chi connectivity index (χ2n) is 5.83. The van der Waals surface area contributed by atoms with Crippen LogP contribution in [0.4, 0.5) is 0 Å². The molecule has 0 aliphatic carbocycles. The van der Waals surface area contributed by atoms with Gasteiger partial charge in [-0.3, -0.25) is 4.79 Å². The molecule has 0 aliphatic heterocycles. The second kappa shape index (κ2) is 10.6. The standard InChI is InChI=1S/C20H26N2O2/c21-19(15-17-9-3-1-4-10-17)20(23)22-13-7-8-14-24-16-18-11-5-2-6-12-18/h1-6,9-12,19H,7-8,13-16,21H2,(H,22,23)/t19-/m0/s1. The Hall–Kier alpha value is -2.17. The van der Waals surface area contributed by atoms with Crippen LogP contribution in [0.1, 0.15) is 24.0 Å². The molecule has 24 heavy (non-hydrogen) atoms. The van der Waals surface area contributed by atoms with Crippen LogP contribution in [0.2, 0.25) is 0 Å². The van der Waals surface area contributed by atoms with Gasteiger partial charge in [0.15, 0.2) is 0 Å². The molecule has 0 spiro atoms. The number of hydrogen-bond donors (Lipinski definition) is 2. The second-order valence-corrected chi connectivity index (χ2v) is 5.83. The van der Waals surface area contributed by atoms with E-state index in [1.807, 2.05) is 60.7 Å². The Bertz CT molecular complexity index is 587. The van der Waals surface area contributed by atoms with Crippen molar-refractivity contribution in [2.75, 3.05) is 13.2 Å². The summed E-state index contributed by atoms with van der Waals surface area (Å²) in [6, 6.07) is 19.4. The van der Waals surface area contributed by atoms with Crippen molar-refractivity contribution < 1.29 is 9.53 Å². The van der Waals surface area contributed by atoms with E-state index >= 15 is 0 Å². The van der Waals surface area contributed by atoms with Crippen molar-refractivity contribution in [3.8, 4) is 0 Å². The molecule has 2 aromatic rings. The molecule has 0 heterocycles. The molecule has 4 heteroatoms. The van der Waals surface area contributed by atoms with Crippen molar-refractivity contribution in [1.29, 1.82) is 0 Å². The van der Waals surface area contributed by atoms with E-state index in [0.717, 1.165) is 18.4 Å². The van der Waals surface area contributed by atoms with Crippen LogP contribution in [0.3, 0.4) is 0 Å². The minimum atomic E-state index is -0.498. The fourth-order valence-electron chi connectivity index (χ4n) is 2.40. The van der Waals surface area contributed by atoms with Gasteiger partial charge in [-0.1, -0.05) is 60.7 Å². The average molecular weight is 326 g/mol. The highest BCUT2D eigenvalue weighted by Crippen LogP contribution is 2.03. The molecular formula is C20H26N2O2. The van der Waals surface area contributed by atoms with E-state index in [1.165, 1.54) is 5.56 Å². The van der Waals surface area contributed by atoms with Crippen LogP contribution in [0.25, 0.3) is 0 Å². The van der Waals surface area contributed by atoms with Crippen molar-refractivity contribution in [2.24, 2.45) is 5.73 Å². The lowest BCUT2D eigenvalue weighted by atomic mass is 10.1. The van der Waals surface area contributed by atoms with Gasteiger partial charge in [0.1, 0.15) is 0 Å². The Balaban J connectivity index is 1.51. The minimum absolute atomic E-state index is 0.0935. The SMILES string of the molecule is N[C@@H](Cc1ccccc1)C(=O)NCCCCOCc1ccccc1. The van der Waals surface area contributed by atoms with Gasteiger partial charge >= 0.3 is 0 Å². The number of unbranched alkanes of at least 4 members (excludes halogenated alkanes) is 1. The monoisotopic (exact) mass is 326 g/mol. The Morgan fingerprint density at radius 1 is 0.958 bits per heavy atom. The molecule has 4 nitrogen and oxygen atoms in total. The van der Waals surface area contributed by atoms with E-state index < -0.39 is 6.04 Å². The fourth-order valence-corrected chi connectivity index (χ4v) is 2.40. The quantitative estimate of drug-likeness (QED) is 0.660. The summed E-state index contributed by atoms with van der Waals surface area (Å²) in [5.41, 5.74) is 8.20. The van der Waals surface area contributed by atoms with E-state index in [1.54, 1.807) is 0 Å². The van der Waals surface area contributed by atoms with Gasteiger partial charge in [-0.15, -0.1) is 0 Å². The first-order chi connectivity index (χ1) is 11.8. The molecule has 128 valence electrons. The number of amides is 1. The van der Waals surface area contributed by atoms with Crippen LogP contribution in [0.15, 0.2) is 60.7 Å². The summed E-state index contributed by atoms with van der Waals surface area (Å²) < 4.78 is 5.62. The Labute approximate surface area is 144 Å². The summed E-state index contributed by atoms with van der Waals surface area (Å²) in [5.74, 6) is -0.0935. The number of nitrogens with one attached hydrogen (secondary N) is 1. The zero-order chi connectivity index (χ0) is 17.0. The summed E-state index contributed by atoms with van der Waals surface area (Å²) in [7, 11) is 0. The lowest BCUT2D eigenvalue weighted by Gasteiger charge is -2.12. The summed E-state index contributed by atoms with van der Waals surface area (Å²) in [5, 5.41) is 2.89. The maximum absolute atomic E-state index is 12.0. The highest BCUT2D eigenvalue weighted by Gasteiger charge is 2.12. The van der Waals surface area contributed by atoms with Gasteiger partial charge in [0, 0.05) is 13.2 Å². The number of rotatable bonds is 10. The van der Waals surface area contributed by atoms with Crippen molar-refractivity contribution in [2.45, 2.75) is 31.9 Å². The normalized spacial score (nSPS) is 11.9. The van der Waals surface area contributed by atoms with Gasteiger partial charge in [-0.05, 0) is 30.4 Å². The van der Waals surface area contributed by atoms with Crippen LogP contribution in [-0.4, -0.2) is 25.1 Å². The molecule has 0 aromatic heterocycles. The first kappa shape index (κ1) is 18.2. The van der Waals surface area contributed by atoms with Crippen LogP contribution < -0.4 is 11.1 Å². The van der Waals surface area contributed by atoms with Crippen molar-refractivity contribution in [3.05, 3.63) is 71.8 Å². The van der Waals surface area contributed by atoms with Crippen molar-refractivity contribution >= 4 is 5.91 Å². The predicted octanol–water partition coefficient (Wildman–Crippen LogP) is 2.67. The van der Waals surface area contributed by atoms with Gasteiger partial charge < -0.3 is 15.8 Å². The molecule has 0 saturated carbocycles. The average Bonchev–Trinajstić information content (AvgIpc) is 2.62. The smallest absolute Gasteiger partial charge is 0.237 e. The molecule has 1 amide bonds. The van der Waals surface area contributed by atoms with Crippen LogP contribution in [-0.2, 0) is 22.6 Å². The molecule has 0 aliphatic rings. The number of benzene rings is 2. The molecular weight excluding hydrogens is 300 g/mol. The number of ether oxygens (including phenoxy) is 1. The molecule has 2 rings (SSSR count). The lowest BCUT2D eigenvalue weighted by Crippen LogP contribution is -2.42. The number of nitrogens with two attached hydrogens (primary N) is 1. The van der Waals surface area contributed by atoms with E-state index in [2.05, 4.69) is 5.32 Å². The number of hydrogen-bond acceptors (Lipinski definition) is 3. The number of carbonyl (C=O) groups is 1. The van der Waals surface area contributed by atoms with Crippen LogP contribution in [0, 0.1) is 0 Å². The molecule has 0 radical (unpaired) electrons. The van der Waals surface area contributed by atoms with Gasteiger partial charge in [0.25, 0.3) is 0 Å². The summed E-state index contributed by atoms with van der Waals surface area (Å²) in [6.45, 7) is 1.96. The van der Waals surface area contributed by atoms with Gasteiger partial charge in [0.05, 0.1) is 12.6 Å². The Kier molecular flexibility index (Phi) is 8.01. The molecule has 1 atom stereocenters. The topological polar surface area (TPSA) is 64.4 Å². The third-order valence-corrected chi connectivity index (χ3v) is 3.76. The van der Waals surface area contributed by atoms with E-state index in [4.69, 9.17) is 10.5 Å². The molecule has 2 aromatic carbocycles. The third kappa shape index (κ3) is 6.94. The largest absolute Gasteiger partial charge is 0.377 e. The first-order valence-electron chi connectivity index (χ1n) is 8.44. The third-order valence-electron chi connectivity index (χ3n) is 3.76. The van der Waals surface area contributed by atoms with E-state index in [9.17, 15) is 4.79 Å². The highest BCUT2D eigenvalue weighted by molar-refractivity contribution is 5.81. The molecule has 0 saturated heterocycles. The Morgan fingerprint density at radius 3 is 2.25 bits per heavy atom. The minimum Gasteiger partial charge on any atom is -0.377 e. The zero-order valence-corrected chi connectivity index (χ0v) is 14.0. The zero-order valence-electron chi connectivity index (χ0n) is 14.0. The summed E-state index contributed by atoms with van der Waals surface area (Å²) in [4.78, 5) is 12.0. The highest BCUT2D eigenvalue weighted by atomic mass is 16.5. The molecule has 3 N–H and O–H groups in total. The molecule has 0 unspecified atom stereocenters. The first-order valence-corrected chi connectivity index (χ1v) is 8.44. The molecule has 0 fully saturated rings. The fraction of sp³-hybridized carbons (Fsp3) is 0.350. The maximum Gasteiger partial charge on any atom is 0.237 e. The van der Waals surface area contributed by atoms with Crippen LogP contribution in [0.5, 0.6) is 0 Å². The predicted molar refractivity (Wildman–Crippen MR) is 96.5 cm³/mol. The lowest BCUT2D eigenvalue weighted by molar-refractivity contribution is -0.122. The van der Waals surface area contributed by atoms with Gasteiger partial charge in [0.2, 0.25) is 5.91 Å². The van der Waals surface area contributed by atoms with Crippen LogP contribution >= 0.6 is 0 Å². The van der Waals surface area contributed by atoms with Crippen molar-refractivity contribution in [3.63, 3.8) is 0 Å². The number of carbonyl (C=O) groups excluding carboxylic acids is 1. The molecule has 0 bridgehead atoms. The summed E-state index contributed by atoms with van der Waals surface area (Å²) in [6.07, 6.45) is 2.37. The van der Waals surface area contributed by atoms with Crippen molar-refractivity contribution in [1.82, 2.24) is 5.32 Å². The Morgan fingerprint density at radius 2 is 1.58 bits per heavy atom. The maximum atomic E-state index is 12.0. The van der Waals surface area contributed by atoms with E-state index in [-0.39, 0.29) is 5.91 Å². The summed E-state index contributed by atoms with van der Waals surface area (Å²) >= 11 is 0. The van der Waals surface area contributed by atoms with E-state index in [0.29, 0.717) is 26.2 Å².